The highest BCUT2D eigenvalue weighted by Crippen LogP contribution is 2.42. The van der Waals surface area contributed by atoms with Crippen molar-refractivity contribution in [1.82, 2.24) is 94.3 Å². The van der Waals surface area contributed by atoms with Gasteiger partial charge in [0.25, 0.3) is 19.2 Å². The molecule has 29 nitrogen and oxygen atoms in total. The van der Waals surface area contributed by atoms with Gasteiger partial charge in [0, 0.05) is 109 Å². The van der Waals surface area contributed by atoms with Gasteiger partial charge >= 0.3 is 5.97 Å². The molecule has 4 saturated heterocycles. The third-order valence-corrected chi connectivity index (χ3v) is 21.3. The number of fused-ring (bicyclic) bond motifs is 16. The number of aromatic nitrogens is 16. The summed E-state index contributed by atoms with van der Waals surface area (Å²) in [7, 11) is 4.67. The number of carbonyl (C=O) groups excluding carboxylic acids is 3. The average Bonchev–Trinajstić information content (AvgIpc) is 1.63. The van der Waals surface area contributed by atoms with Gasteiger partial charge in [-0.15, -0.1) is 17.9 Å². The molecule has 19 heterocycles. The summed E-state index contributed by atoms with van der Waals surface area (Å²) in [4.78, 5) is 92.7. The number of aromatic carboxylic acids is 1. The summed E-state index contributed by atoms with van der Waals surface area (Å²) in [6, 6.07) is 10.4. The van der Waals surface area contributed by atoms with E-state index < -0.39 is 78.9 Å². The maximum absolute atomic E-state index is 14.2. The van der Waals surface area contributed by atoms with Gasteiger partial charge in [-0.1, -0.05) is 0 Å². The fourth-order valence-corrected chi connectivity index (χ4v) is 15.4. The number of nitrogens with two attached hydrogens (primary N) is 1. The van der Waals surface area contributed by atoms with Crippen LogP contribution < -0.4 is 41.3 Å². The number of halogens is 5. The predicted molar refractivity (Wildman–Crippen MR) is 433 cm³/mol. The molecule has 4 fully saturated rings. The lowest BCUT2D eigenvalue weighted by Gasteiger charge is -2.27. The number of carboxylic acids is 1. The zero-order valence-electron chi connectivity index (χ0n) is 72.6. The minimum absolute atomic E-state index is 0.0284. The normalized spacial score (nSPS) is 23.4. The number of hydrogen-bond acceptors (Lipinski definition) is 21. The minimum atomic E-state index is -1.54. The van der Waals surface area contributed by atoms with Crippen molar-refractivity contribution in [3.63, 3.8) is 0 Å². The molecule has 12 aromatic heterocycles. The second-order valence-corrected chi connectivity index (χ2v) is 29.2. The van der Waals surface area contributed by atoms with E-state index in [1.807, 2.05) is 42.4 Å². The van der Waals surface area contributed by atoms with Gasteiger partial charge in [0.05, 0.1) is 73.7 Å². The fourth-order valence-electron chi connectivity index (χ4n) is 15.4. The summed E-state index contributed by atoms with van der Waals surface area (Å²) in [6.45, 7) is 7.98. The van der Waals surface area contributed by atoms with Crippen molar-refractivity contribution < 1.29 is 57.5 Å². The topological polar surface area (TPSA) is 336 Å². The van der Waals surface area contributed by atoms with E-state index in [0.29, 0.717) is 153 Å². The van der Waals surface area contributed by atoms with Crippen LogP contribution in [0.4, 0.5) is 45.6 Å². The zero-order chi connectivity index (χ0) is 89.5. The first-order valence-corrected chi connectivity index (χ1v) is 40.5. The summed E-state index contributed by atoms with van der Waals surface area (Å²) in [5, 5.41) is 34.9. The Kier molecular flexibility index (Phi) is 21.4. The molecule has 7 aliphatic heterocycles. The summed E-state index contributed by atoms with van der Waals surface area (Å²) in [5.41, 5.74) is 13.7. The van der Waals surface area contributed by atoms with Crippen molar-refractivity contribution in [3.8, 4) is 0 Å². The first-order valence-electron chi connectivity index (χ1n) is 42.2. The third-order valence-electron chi connectivity index (χ3n) is 21.3. The molecule has 606 valence electrons. The Labute approximate surface area is 681 Å². The van der Waals surface area contributed by atoms with Crippen LogP contribution >= 0.6 is 17.9 Å². The van der Waals surface area contributed by atoms with Crippen LogP contribution in [-0.4, -0.2) is 159 Å². The summed E-state index contributed by atoms with van der Waals surface area (Å²) >= 11 is 0. The van der Waals surface area contributed by atoms with Crippen LogP contribution in [0.1, 0.15) is 226 Å². The number of anilines is 4. The highest BCUT2D eigenvalue weighted by atomic mass is 32.0. The van der Waals surface area contributed by atoms with Crippen LogP contribution in [0.3, 0.4) is 0 Å². The molecular formula is C80H91F5N24O5P2. The molecule has 4 unspecified atom stereocenters. The Hall–Kier alpha value is -11.4. The summed E-state index contributed by atoms with van der Waals surface area (Å²) < 4.78 is 142. The Balaban J connectivity index is 0.000000134. The van der Waals surface area contributed by atoms with Crippen molar-refractivity contribution in [3.05, 3.63) is 213 Å². The van der Waals surface area contributed by atoms with Gasteiger partial charge in [-0.2, -0.15) is 20.4 Å². The number of hydrogen-bond donors (Lipinski definition) is 5. The number of pyridine rings is 4. The number of carbonyl (C=O) groups is 4. The van der Waals surface area contributed by atoms with Crippen molar-refractivity contribution in [2.75, 3.05) is 45.8 Å². The van der Waals surface area contributed by atoms with E-state index in [1.165, 1.54) is 85.7 Å². The van der Waals surface area contributed by atoms with E-state index in [1.54, 1.807) is 54.0 Å². The average molecular weight is 1630 g/mol. The molecule has 7 aliphatic rings. The van der Waals surface area contributed by atoms with Crippen molar-refractivity contribution >= 4 is 87.4 Å². The number of aryl methyl sites for hydroxylation is 4. The minimum Gasteiger partial charge on any atom is -0.477 e. The lowest BCUT2D eigenvalue weighted by atomic mass is 9.98. The Morgan fingerprint density at radius 1 is 0.491 bits per heavy atom. The molecule has 0 aliphatic carbocycles. The molecule has 19 rings (SSSR count). The molecule has 36 heteroatoms. The number of carboxylic acid groups (broad SMARTS) is 1. The highest BCUT2D eigenvalue weighted by molar-refractivity contribution is 7.92. The Bertz CT molecular complexity index is 5610. The van der Waals surface area contributed by atoms with Gasteiger partial charge in [0.2, 0.25) is 0 Å². The Morgan fingerprint density at radius 3 is 1.13 bits per heavy atom. The van der Waals surface area contributed by atoms with Crippen molar-refractivity contribution in [2.45, 2.75) is 179 Å². The van der Waals surface area contributed by atoms with Crippen LogP contribution in [0.2, 0.25) is 0 Å². The fraction of sp³-hybridized carbons (Fsp3) is 0.400. The van der Waals surface area contributed by atoms with Gasteiger partial charge in [0.1, 0.15) is 68.8 Å². The smallest absolute Gasteiger partial charge is 0.341 e. The van der Waals surface area contributed by atoms with Crippen LogP contribution in [0, 0.1) is 23.3 Å². The number of nitrogens with zero attached hydrogens (tertiary/aromatic N) is 20. The number of amides is 3. The van der Waals surface area contributed by atoms with Gasteiger partial charge < -0.3 is 46.4 Å². The van der Waals surface area contributed by atoms with E-state index >= 15 is 0 Å². The highest BCUT2D eigenvalue weighted by Gasteiger charge is 2.37. The van der Waals surface area contributed by atoms with Crippen LogP contribution in [0.25, 0.3) is 22.6 Å². The lowest BCUT2D eigenvalue weighted by Crippen LogP contribution is -2.33. The standard InChI is InChI=1S/C20H23FN6O2.3C20H21FN6O.FH.H4P2/c1-12(22)4-5-16-14(9-13(21)10-23-16)17-3-2-7-26(17)18-6-8-27-19(25-18)15(11-24-27)20(28)29;3*1-12-4-5-16-14(9-13(21)10-22-16)17-3-2-7-26(17)18-6-8-27-19(25-18)15(11-23-27)20(28)24-12;;1-2/h6,8-12,17H,2-5,7,22H2,1H3,(H,28,29);3*6,8-12,17H,2-5,7H2,1H3,(H,24,28);1H;1-2H2/t2*12-,17?;12-,17+;12-,17-;;/m1111../s1/i4*2D2;;/hD. The monoisotopic (exact) mass is 1630 g/mol. The van der Waals surface area contributed by atoms with E-state index in [-0.39, 0.29) is 105 Å². The van der Waals surface area contributed by atoms with Gasteiger partial charge in [-0.25, -0.2) is 60.4 Å². The molecule has 10 atom stereocenters. The molecule has 12 aromatic rings. The zero-order valence-corrected chi connectivity index (χ0v) is 65.9. The SMILES string of the molecule is PP.[2H]C1([2H])CC(c2cc(F)cnc2CC[C@@H](C)N)N(c2ccn3ncc(C(=O)O)c3n2)C1.[2H]C1([2H])CC2c3cc(F)cnc3CC[C@@H](C)NC(=O)c3cnn4ccc(nc34)N2C1.[2H]C1([2H])C[C@@H]2c3cc(F)cnc3CC[C@@H](C)NC(=O)c3cnn4ccc(nc34)N2C1.[2H]C1([2H])C[C@H]2c3cc(F)cnc3CC[C@@H](C)NC(=O)c3cnn4ccc(nc34)N2C1.[2H]F. The summed E-state index contributed by atoms with van der Waals surface area (Å²) in [5.74, 6) is -1.84. The van der Waals surface area contributed by atoms with Crippen LogP contribution in [-0.2, 0) is 25.7 Å². The largest absolute Gasteiger partial charge is 0.477 e. The first-order chi connectivity index (χ1) is 59.6. The number of rotatable bonds is 6. The molecule has 116 heavy (non-hydrogen) atoms. The Morgan fingerprint density at radius 2 is 0.793 bits per heavy atom. The second kappa shape index (κ2) is 35.4. The van der Waals surface area contributed by atoms with Gasteiger partial charge in [-0.05, 0) is 201 Å². The van der Waals surface area contributed by atoms with Crippen LogP contribution in [0.5, 0.6) is 0 Å². The maximum atomic E-state index is 14.2. The van der Waals surface area contributed by atoms with Crippen LogP contribution in [0.15, 0.2) is 123 Å². The quantitative estimate of drug-likeness (QED) is 0.0762. The van der Waals surface area contributed by atoms with E-state index in [4.69, 9.17) is 21.4 Å². The maximum Gasteiger partial charge on any atom is 0.341 e. The van der Waals surface area contributed by atoms with Gasteiger partial charge in [0.15, 0.2) is 22.6 Å². The lowest BCUT2D eigenvalue weighted by molar-refractivity contribution is 0.0697. The van der Waals surface area contributed by atoms with Crippen molar-refractivity contribution in [1.29, 1.82) is 1.45 Å². The molecule has 0 saturated carbocycles. The number of nitrogens with one attached hydrogen (secondary N) is 3. The van der Waals surface area contributed by atoms with E-state index in [0.717, 1.165) is 6.20 Å². The molecule has 0 radical (unpaired) electrons. The molecule has 3 amide bonds. The first kappa shape index (κ1) is 70.1. The molecule has 0 spiro atoms. The van der Waals surface area contributed by atoms with Gasteiger partial charge in [-0.3, -0.25) is 39.0 Å². The molecular weight excluding hydrogens is 1530 g/mol. The van der Waals surface area contributed by atoms with E-state index in [9.17, 15) is 41.8 Å². The second-order valence-electron chi connectivity index (χ2n) is 29.2. The van der Waals surface area contributed by atoms with Crippen molar-refractivity contribution in [2.24, 2.45) is 5.73 Å². The summed E-state index contributed by atoms with van der Waals surface area (Å²) in [6.07, 6.45) is 16.6. The van der Waals surface area contributed by atoms with E-state index in [2.05, 4.69) is 95.5 Å². The predicted octanol–water partition coefficient (Wildman–Crippen LogP) is 11.4. The molecule has 0 aromatic carbocycles. The molecule has 6 N–H and O–H groups in total. The third kappa shape index (κ3) is 17.1. The molecule has 6 bridgehead atoms.